The summed E-state index contributed by atoms with van der Waals surface area (Å²) in [4.78, 5) is 24.2. The Bertz CT molecular complexity index is 758. The van der Waals surface area contributed by atoms with Crippen molar-refractivity contribution in [1.82, 2.24) is 0 Å². The third-order valence-electron chi connectivity index (χ3n) is 3.66. The Morgan fingerprint density at radius 2 is 2.09 bits per heavy atom. The van der Waals surface area contributed by atoms with Crippen molar-refractivity contribution in [2.24, 2.45) is 0 Å². The Morgan fingerprint density at radius 1 is 1.27 bits per heavy atom. The van der Waals surface area contributed by atoms with Gasteiger partial charge in [0.25, 0.3) is 0 Å². The molecule has 0 bridgehead atoms. The van der Waals surface area contributed by atoms with Crippen molar-refractivity contribution < 1.29 is 14.0 Å². The highest BCUT2D eigenvalue weighted by molar-refractivity contribution is 6.05. The zero-order valence-electron chi connectivity index (χ0n) is 12.0. The largest absolute Gasteiger partial charge is 0.326 e. The van der Waals surface area contributed by atoms with E-state index in [0.717, 1.165) is 5.56 Å². The van der Waals surface area contributed by atoms with Crippen molar-refractivity contribution in [2.75, 3.05) is 10.6 Å². The second-order valence-electron chi connectivity index (χ2n) is 5.40. The van der Waals surface area contributed by atoms with Crippen LogP contribution >= 0.6 is 0 Å². The lowest BCUT2D eigenvalue weighted by atomic mass is 9.89. The van der Waals surface area contributed by atoms with E-state index in [4.69, 9.17) is 0 Å². The molecule has 0 fully saturated rings. The molecule has 5 heteroatoms. The molecule has 1 aliphatic rings. The van der Waals surface area contributed by atoms with Crippen LogP contribution in [0.2, 0.25) is 0 Å². The van der Waals surface area contributed by atoms with Gasteiger partial charge in [0.05, 0.1) is 5.92 Å². The number of anilines is 2. The Hall–Kier alpha value is -2.69. The molecule has 0 saturated heterocycles. The standard InChI is InChI=1S/C17H15FN2O2/c1-10-3-2-4-12(7-10)19-17(22)14-9-16(21)20-15-8-11(18)5-6-13(14)15/h2-8,14H,9H2,1H3,(H,19,22)(H,20,21). The average Bonchev–Trinajstić information content (AvgIpc) is 2.45. The van der Waals surface area contributed by atoms with Crippen molar-refractivity contribution in [3.8, 4) is 0 Å². The predicted octanol–water partition coefficient (Wildman–Crippen LogP) is 3.20. The highest BCUT2D eigenvalue weighted by Gasteiger charge is 2.30. The molecule has 0 radical (unpaired) electrons. The SMILES string of the molecule is Cc1cccc(NC(=O)C2CC(=O)Nc3cc(F)ccc32)c1. The monoisotopic (exact) mass is 298 g/mol. The first-order chi connectivity index (χ1) is 10.5. The molecule has 1 unspecified atom stereocenters. The third-order valence-corrected chi connectivity index (χ3v) is 3.66. The van der Waals surface area contributed by atoms with Crippen LogP contribution in [0, 0.1) is 12.7 Å². The maximum absolute atomic E-state index is 13.3. The van der Waals surface area contributed by atoms with Gasteiger partial charge in [-0.3, -0.25) is 9.59 Å². The fraction of sp³-hybridized carbons (Fsp3) is 0.176. The Balaban J connectivity index is 1.88. The van der Waals surface area contributed by atoms with Gasteiger partial charge in [-0.25, -0.2) is 4.39 Å². The molecule has 4 nitrogen and oxygen atoms in total. The van der Waals surface area contributed by atoms with Gasteiger partial charge in [0.1, 0.15) is 5.82 Å². The second-order valence-corrected chi connectivity index (χ2v) is 5.40. The first-order valence-electron chi connectivity index (χ1n) is 7.00. The highest BCUT2D eigenvalue weighted by Crippen LogP contribution is 2.33. The summed E-state index contributed by atoms with van der Waals surface area (Å²) >= 11 is 0. The molecule has 22 heavy (non-hydrogen) atoms. The first kappa shape index (κ1) is 14.3. The van der Waals surface area contributed by atoms with Crippen molar-refractivity contribution >= 4 is 23.2 Å². The van der Waals surface area contributed by atoms with Crippen LogP contribution in [0.1, 0.15) is 23.5 Å². The number of halogens is 1. The van der Waals surface area contributed by atoms with Crippen molar-refractivity contribution in [3.63, 3.8) is 0 Å². The molecule has 112 valence electrons. The minimum atomic E-state index is -0.620. The zero-order valence-corrected chi connectivity index (χ0v) is 12.0. The van der Waals surface area contributed by atoms with Gasteiger partial charge in [-0.05, 0) is 42.3 Å². The normalized spacial score (nSPS) is 16.6. The van der Waals surface area contributed by atoms with Gasteiger partial charge in [0.15, 0.2) is 0 Å². The van der Waals surface area contributed by atoms with E-state index < -0.39 is 11.7 Å². The number of rotatable bonds is 2. The average molecular weight is 298 g/mol. The van der Waals surface area contributed by atoms with E-state index in [9.17, 15) is 14.0 Å². The summed E-state index contributed by atoms with van der Waals surface area (Å²) < 4.78 is 13.3. The minimum Gasteiger partial charge on any atom is -0.326 e. The first-order valence-corrected chi connectivity index (χ1v) is 7.00. The number of aryl methyl sites for hydroxylation is 1. The van der Waals surface area contributed by atoms with Gasteiger partial charge >= 0.3 is 0 Å². The molecule has 1 atom stereocenters. The van der Waals surface area contributed by atoms with Crippen LogP contribution in [-0.4, -0.2) is 11.8 Å². The van der Waals surface area contributed by atoms with Crippen molar-refractivity contribution in [3.05, 3.63) is 59.4 Å². The van der Waals surface area contributed by atoms with Crippen LogP contribution in [0.5, 0.6) is 0 Å². The van der Waals surface area contributed by atoms with Crippen LogP contribution in [0.4, 0.5) is 15.8 Å². The van der Waals surface area contributed by atoms with E-state index in [1.165, 1.54) is 12.1 Å². The fourth-order valence-corrected chi connectivity index (χ4v) is 2.62. The smallest absolute Gasteiger partial charge is 0.232 e. The quantitative estimate of drug-likeness (QED) is 0.894. The topological polar surface area (TPSA) is 58.2 Å². The third kappa shape index (κ3) is 2.83. The number of nitrogens with one attached hydrogen (secondary N) is 2. The van der Waals surface area contributed by atoms with Crippen LogP contribution in [0.15, 0.2) is 42.5 Å². The highest BCUT2D eigenvalue weighted by atomic mass is 19.1. The Labute approximate surface area is 127 Å². The van der Waals surface area contributed by atoms with Gasteiger partial charge in [-0.15, -0.1) is 0 Å². The van der Waals surface area contributed by atoms with E-state index in [0.29, 0.717) is 16.9 Å². The minimum absolute atomic E-state index is 0.0519. The lowest BCUT2D eigenvalue weighted by Gasteiger charge is -2.25. The molecule has 1 aliphatic heterocycles. The molecule has 0 spiro atoms. The van der Waals surface area contributed by atoms with Crippen LogP contribution in [0.3, 0.4) is 0 Å². The van der Waals surface area contributed by atoms with E-state index >= 15 is 0 Å². The number of carbonyl (C=O) groups excluding carboxylic acids is 2. The molecule has 3 rings (SSSR count). The molecule has 0 aromatic heterocycles. The van der Waals surface area contributed by atoms with Gasteiger partial charge in [0.2, 0.25) is 11.8 Å². The molecule has 2 aromatic carbocycles. The number of carbonyl (C=O) groups is 2. The Morgan fingerprint density at radius 3 is 2.86 bits per heavy atom. The number of amides is 2. The summed E-state index contributed by atoms with van der Waals surface area (Å²) in [5.74, 6) is -1.63. The van der Waals surface area contributed by atoms with Crippen LogP contribution in [0.25, 0.3) is 0 Å². The van der Waals surface area contributed by atoms with Crippen molar-refractivity contribution in [2.45, 2.75) is 19.3 Å². The summed E-state index contributed by atoms with van der Waals surface area (Å²) in [7, 11) is 0. The summed E-state index contributed by atoms with van der Waals surface area (Å²) in [5.41, 5.74) is 2.70. The predicted molar refractivity (Wildman–Crippen MR) is 82.2 cm³/mol. The molecule has 0 saturated carbocycles. The van der Waals surface area contributed by atoms with E-state index in [1.54, 1.807) is 12.1 Å². The van der Waals surface area contributed by atoms with Crippen LogP contribution < -0.4 is 10.6 Å². The van der Waals surface area contributed by atoms with Crippen LogP contribution in [-0.2, 0) is 9.59 Å². The molecular weight excluding hydrogens is 283 g/mol. The molecule has 2 amide bonds. The Kier molecular flexibility index (Phi) is 3.63. The van der Waals surface area contributed by atoms with E-state index in [1.807, 2.05) is 25.1 Å². The second kappa shape index (κ2) is 5.60. The molecular formula is C17H15FN2O2. The van der Waals surface area contributed by atoms with E-state index in [-0.39, 0.29) is 18.2 Å². The zero-order chi connectivity index (χ0) is 15.7. The number of hydrogen-bond acceptors (Lipinski definition) is 2. The molecule has 0 aliphatic carbocycles. The summed E-state index contributed by atoms with van der Waals surface area (Å²) in [6, 6.07) is 11.5. The fourth-order valence-electron chi connectivity index (χ4n) is 2.62. The van der Waals surface area contributed by atoms with Gasteiger partial charge in [0, 0.05) is 17.8 Å². The van der Waals surface area contributed by atoms with Gasteiger partial charge in [-0.1, -0.05) is 18.2 Å². The number of benzene rings is 2. The van der Waals surface area contributed by atoms with Crippen molar-refractivity contribution in [1.29, 1.82) is 0 Å². The number of hydrogen-bond donors (Lipinski definition) is 2. The lowest BCUT2D eigenvalue weighted by Crippen LogP contribution is -2.30. The van der Waals surface area contributed by atoms with Gasteiger partial charge in [-0.2, -0.15) is 0 Å². The lowest BCUT2D eigenvalue weighted by molar-refractivity contribution is -0.123. The maximum Gasteiger partial charge on any atom is 0.232 e. The number of fused-ring (bicyclic) bond motifs is 1. The molecule has 2 aromatic rings. The molecule has 2 N–H and O–H groups in total. The molecule has 1 heterocycles. The van der Waals surface area contributed by atoms with Gasteiger partial charge < -0.3 is 10.6 Å². The summed E-state index contributed by atoms with van der Waals surface area (Å²) in [6.45, 7) is 1.93. The summed E-state index contributed by atoms with van der Waals surface area (Å²) in [5, 5.41) is 5.42. The maximum atomic E-state index is 13.3. The van der Waals surface area contributed by atoms with E-state index in [2.05, 4.69) is 10.6 Å². The summed E-state index contributed by atoms with van der Waals surface area (Å²) in [6.07, 6.45) is 0.0519.